The maximum Gasteiger partial charge on any atom is 0.407 e. The number of benzene rings is 1. The summed E-state index contributed by atoms with van der Waals surface area (Å²) in [5.74, 6) is -6.01. The molecule has 2 aromatic heterocycles. The zero-order valence-electron chi connectivity index (χ0n) is 28.0. The Hall–Kier alpha value is -4.54. The number of rotatable bonds is 10. The summed E-state index contributed by atoms with van der Waals surface area (Å²) in [6.07, 6.45) is 3.16. The Morgan fingerprint density at radius 2 is 1.76 bits per heavy atom. The lowest BCUT2D eigenvalue weighted by molar-refractivity contribution is 0.00557. The van der Waals surface area contributed by atoms with Crippen molar-refractivity contribution in [3.63, 3.8) is 0 Å². The fraction of sp³-hybridized carbons (Fsp3) is 0.562. The molecule has 17 heteroatoms. The number of aromatic nitrogens is 4. The highest BCUT2D eigenvalue weighted by Crippen LogP contribution is 2.32. The fourth-order valence-corrected chi connectivity index (χ4v) is 5.98. The number of alkyl halides is 2. The predicted octanol–water partition coefficient (Wildman–Crippen LogP) is 4.50. The highest BCUT2D eigenvalue weighted by molar-refractivity contribution is 5.94. The van der Waals surface area contributed by atoms with Gasteiger partial charge in [-0.25, -0.2) is 23.5 Å². The second-order valence-electron chi connectivity index (χ2n) is 13.2. The molecule has 0 saturated carbocycles. The quantitative estimate of drug-likeness (QED) is 0.301. The summed E-state index contributed by atoms with van der Waals surface area (Å²) in [5, 5.41) is 6.19. The van der Waals surface area contributed by atoms with Crippen molar-refractivity contribution < 1.29 is 41.1 Å². The van der Waals surface area contributed by atoms with Gasteiger partial charge in [0.15, 0.2) is 0 Å². The average Bonchev–Trinajstić information content (AvgIpc) is 3.69. The van der Waals surface area contributed by atoms with Crippen molar-refractivity contribution in [2.24, 2.45) is 0 Å². The van der Waals surface area contributed by atoms with E-state index in [9.17, 15) is 27.2 Å². The summed E-state index contributed by atoms with van der Waals surface area (Å²) in [5.41, 5.74) is -0.302. The molecule has 13 nitrogen and oxygen atoms in total. The molecule has 0 radical (unpaired) electrons. The van der Waals surface area contributed by atoms with Crippen molar-refractivity contribution in [1.82, 2.24) is 30.3 Å². The van der Waals surface area contributed by atoms with Gasteiger partial charge in [-0.2, -0.15) is 13.8 Å². The van der Waals surface area contributed by atoms with Gasteiger partial charge in [0.2, 0.25) is 11.8 Å². The minimum atomic E-state index is -3.23. The zero-order chi connectivity index (χ0) is 35.5. The average molecular weight is 693 g/mol. The van der Waals surface area contributed by atoms with Crippen molar-refractivity contribution in [3.05, 3.63) is 59.2 Å². The Balaban J connectivity index is 1.28. The molecule has 1 aromatic carbocycles. The van der Waals surface area contributed by atoms with Crippen LogP contribution in [-0.4, -0.2) is 101 Å². The largest absolute Gasteiger partial charge is 0.444 e. The van der Waals surface area contributed by atoms with Gasteiger partial charge in [0.25, 0.3) is 5.91 Å². The SMILES string of the molecule is COCCN(C(=O)c1cnc(N2CC(NC(=O)OC(C)(C)C)C(c3ccc(F)cc3F)C2)nc1)C1CCN(c2nc(C(C)(F)F)no2)CC1. The van der Waals surface area contributed by atoms with Crippen LogP contribution in [0.1, 0.15) is 68.2 Å². The number of nitrogens with one attached hydrogen (secondary N) is 1. The first-order valence-corrected chi connectivity index (χ1v) is 15.9. The Bertz CT molecular complexity index is 1610. The molecule has 1 N–H and O–H groups in total. The van der Waals surface area contributed by atoms with Crippen LogP contribution in [0.4, 0.5) is 34.3 Å². The number of piperidine rings is 1. The second kappa shape index (κ2) is 14.5. The number of hydrogen-bond acceptors (Lipinski definition) is 11. The normalized spacial score (nSPS) is 18.9. The molecule has 2 aliphatic rings. The van der Waals surface area contributed by atoms with E-state index in [0.717, 1.165) is 12.1 Å². The number of anilines is 2. The summed E-state index contributed by atoms with van der Waals surface area (Å²) >= 11 is 0. The number of carbonyl (C=O) groups is 2. The lowest BCUT2D eigenvalue weighted by Gasteiger charge is -2.37. The minimum Gasteiger partial charge on any atom is -0.444 e. The Kier molecular flexibility index (Phi) is 10.6. The summed E-state index contributed by atoms with van der Waals surface area (Å²) in [6, 6.07) is 2.50. The zero-order valence-corrected chi connectivity index (χ0v) is 28.0. The van der Waals surface area contributed by atoms with Gasteiger partial charge in [-0.05, 0) is 45.2 Å². The lowest BCUT2D eigenvalue weighted by Crippen LogP contribution is -2.48. The highest BCUT2D eigenvalue weighted by Gasteiger charge is 2.39. The third-order valence-corrected chi connectivity index (χ3v) is 8.33. The number of methoxy groups -OCH3 is 1. The number of halogens is 4. The van der Waals surface area contributed by atoms with E-state index in [4.69, 9.17) is 14.0 Å². The molecule has 2 saturated heterocycles. The van der Waals surface area contributed by atoms with Crippen LogP contribution >= 0.6 is 0 Å². The van der Waals surface area contributed by atoms with Crippen LogP contribution in [0.25, 0.3) is 0 Å². The van der Waals surface area contributed by atoms with E-state index in [2.05, 4.69) is 25.4 Å². The van der Waals surface area contributed by atoms with Gasteiger partial charge >= 0.3 is 18.0 Å². The van der Waals surface area contributed by atoms with Gasteiger partial charge < -0.3 is 34.0 Å². The summed E-state index contributed by atoms with van der Waals surface area (Å²) in [6.45, 7) is 7.65. The van der Waals surface area contributed by atoms with E-state index in [0.29, 0.717) is 39.4 Å². The van der Waals surface area contributed by atoms with Gasteiger partial charge in [0.05, 0.1) is 18.2 Å². The smallest absolute Gasteiger partial charge is 0.407 e. The lowest BCUT2D eigenvalue weighted by atomic mass is 9.94. The fourth-order valence-electron chi connectivity index (χ4n) is 5.98. The first kappa shape index (κ1) is 35.8. The monoisotopic (exact) mass is 692 g/mol. The van der Waals surface area contributed by atoms with E-state index in [1.807, 2.05) is 0 Å². The topological polar surface area (TPSA) is 139 Å². The van der Waals surface area contributed by atoms with Crippen molar-refractivity contribution in [1.29, 1.82) is 0 Å². The van der Waals surface area contributed by atoms with E-state index >= 15 is 0 Å². The molecule has 5 rings (SSSR count). The number of nitrogens with zero attached hydrogens (tertiary/aromatic N) is 7. The summed E-state index contributed by atoms with van der Waals surface area (Å²) in [7, 11) is 1.53. The molecule has 2 fully saturated rings. The van der Waals surface area contributed by atoms with Crippen LogP contribution in [0, 0.1) is 11.6 Å². The molecule has 0 spiro atoms. The molecule has 0 aliphatic carbocycles. The van der Waals surface area contributed by atoms with Crippen LogP contribution < -0.4 is 15.1 Å². The van der Waals surface area contributed by atoms with E-state index in [1.165, 1.54) is 25.6 Å². The number of ether oxygens (including phenoxy) is 2. The van der Waals surface area contributed by atoms with Crippen LogP contribution in [0.3, 0.4) is 0 Å². The maximum absolute atomic E-state index is 14.9. The van der Waals surface area contributed by atoms with Gasteiger partial charge in [-0.15, -0.1) is 0 Å². The summed E-state index contributed by atoms with van der Waals surface area (Å²) in [4.78, 5) is 44.3. The van der Waals surface area contributed by atoms with Crippen LogP contribution in [-0.2, 0) is 15.4 Å². The van der Waals surface area contributed by atoms with Crippen LogP contribution in [0.2, 0.25) is 0 Å². The molecule has 49 heavy (non-hydrogen) atoms. The minimum absolute atomic E-state index is 0.00332. The molecular weight excluding hydrogens is 652 g/mol. The highest BCUT2D eigenvalue weighted by atomic mass is 19.3. The molecule has 2 aliphatic heterocycles. The molecular formula is C32H40F4N8O5. The van der Waals surface area contributed by atoms with E-state index in [-0.39, 0.29) is 54.7 Å². The van der Waals surface area contributed by atoms with Gasteiger partial charge in [0.1, 0.15) is 17.2 Å². The third kappa shape index (κ3) is 8.74. The van der Waals surface area contributed by atoms with Crippen molar-refractivity contribution >= 4 is 24.0 Å². The first-order valence-electron chi connectivity index (χ1n) is 15.9. The second-order valence-corrected chi connectivity index (χ2v) is 13.2. The van der Waals surface area contributed by atoms with Crippen molar-refractivity contribution in [2.75, 3.05) is 56.2 Å². The van der Waals surface area contributed by atoms with Gasteiger partial charge in [-0.1, -0.05) is 11.2 Å². The number of carbonyl (C=O) groups excluding carboxylic acids is 2. The molecule has 2 atom stereocenters. The predicted molar refractivity (Wildman–Crippen MR) is 169 cm³/mol. The molecule has 4 heterocycles. The van der Waals surface area contributed by atoms with E-state index < -0.39 is 47.0 Å². The standard InChI is InChI=1S/C32H40F4N8O5/c1-31(2,3)48-30(46)39-25-18-43(17-23(25)22-7-6-20(33)14-24(22)34)28-37-15-19(16-38-28)26(45)44(12-13-47-5)21-8-10-42(11-9-21)29-40-27(41-49-29)32(4,35)36/h6-7,14-16,21,23,25H,8-13,17-18H2,1-5H3,(H,39,46). The Labute approximate surface area is 280 Å². The van der Waals surface area contributed by atoms with E-state index in [1.54, 1.807) is 35.5 Å². The molecule has 2 amide bonds. The Morgan fingerprint density at radius 1 is 1.06 bits per heavy atom. The van der Waals surface area contributed by atoms with Gasteiger partial charge in [0, 0.05) is 77.2 Å². The number of amides is 2. The van der Waals surface area contributed by atoms with Gasteiger partial charge in [-0.3, -0.25) is 4.79 Å². The first-order chi connectivity index (χ1) is 23.1. The Morgan fingerprint density at radius 3 is 2.35 bits per heavy atom. The molecule has 3 aromatic rings. The molecule has 266 valence electrons. The van der Waals surface area contributed by atoms with Crippen LogP contribution in [0.15, 0.2) is 35.1 Å². The van der Waals surface area contributed by atoms with Crippen molar-refractivity contribution in [2.45, 2.75) is 70.1 Å². The maximum atomic E-state index is 14.9. The van der Waals surface area contributed by atoms with Crippen molar-refractivity contribution in [3.8, 4) is 0 Å². The molecule has 2 unspecified atom stereocenters. The number of alkyl carbamates (subject to hydrolysis) is 1. The third-order valence-electron chi connectivity index (χ3n) is 8.33. The molecule has 0 bridgehead atoms. The number of hydrogen-bond donors (Lipinski definition) is 1. The summed E-state index contributed by atoms with van der Waals surface area (Å²) < 4.78 is 71.5. The van der Waals surface area contributed by atoms with Crippen LogP contribution in [0.5, 0.6) is 0 Å².